The van der Waals surface area contributed by atoms with E-state index in [-0.39, 0.29) is 0 Å². The minimum Gasteiger partial charge on any atom is -0.304 e. The maximum absolute atomic E-state index is 2.68. The van der Waals surface area contributed by atoms with Crippen LogP contribution in [0.15, 0.2) is 0 Å². The zero-order valence-electron chi connectivity index (χ0n) is 8.29. The van der Waals surface area contributed by atoms with Gasteiger partial charge in [-0.1, -0.05) is 6.92 Å². The lowest BCUT2D eigenvalue weighted by atomic mass is 9.80. The van der Waals surface area contributed by atoms with Gasteiger partial charge in [0, 0.05) is 32.2 Å². The molecule has 2 heteroatoms. The average molecular weight is 168 g/mol. The summed E-state index contributed by atoms with van der Waals surface area (Å²) in [6, 6.07) is 0.939. The molecule has 1 saturated heterocycles. The Morgan fingerprint density at radius 2 is 1.58 bits per heavy atom. The largest absolute Gasteiger partial charge is 0.304 e. The highest BCUT2D eigenvalue weighted by Crippen LogP contribution is 2.31. The first-order valence-corrected chi connectivity index (χ1v) is 5.18. The Hall–Kier alpha value is -0.0800. The van der Waals surface area contributed by atoms with Gasteiger partial charge in [-0.2, -0.15) is 0 Å². The minimum atomic E-state index is 0.939. The molecule has 0 spiro atoms. The fourth-order valence-corrected chi connectivity index (χ4v) is 2.35. The molecule has 2 fully saturated rings. The number of rotatable bonds is 1. The number of hydrogen-bond acceptors (Lipinski definition) is 2. The van der Waals surface area contributed by atoms with Gasteiger partial charge in [-0.05, 0) is 25.8 Å². The quantitative estimate of drug-likeness (QED) is 0.577. The van der Waals surface area contributed by atoms with Gasteiger partial charge in [0.15, 0.2) is 0 Å². The fourth-order valence-electron chi connectivity index (χ4n) is 2.35. The Balaban J connectivity index is 1.75. The lowest BCUT2D eigenvalue weighted by molar-refractivity contribution is 0.0457. The highest BCUT2D eigenvalue weighted by Gasteiger charge is 2.31. The lowest BCUT2D eigenvalue weighted by Gasteiger charge is -2.45. The van der Waals surface area contributed by atoms with Crippen molar-refractivity contribution in [2.75, 3.05) is 33.2 Å². The highest BCUT2D eigenvalue weighted by molar-refractivity contribution is 4.86. The molecule has 70 valence electrons. The van der Waals surface area contributed by atoms with Crippen molar-refractivity contribution in [1.82, 2.24) is 9.80 Å². The molecule has 2 aliphatic rings. The van der Waals surface area contributed by atoms with E-state index in [1.807, 2.05) is 0 Å². The standard InChI is InChI=1S/C10H20N2/c1-9-7-10(8-9)12-5-3-11(2)4-6-12/h9-10H,3-8H2,1-2H3/t9-,10+. The average Bonchev–Trinajstić information content (AvgIpc) is 2.01. The van der Waals surface area contributed by atoms with E-state index < -0.39 is 0 Å². The third-order valence-electron chi connectivity index (χ3n) is 3.40. The Bertz CT molecular complexity index is 144. The van der Waals surface area contributed by atoms with Gasteiger partial charge in [-0.3, -0.25) is 4.90 Å². The first-order chi connectivity index (χ1) is 5.75. The van der Waals surface area contributed by atoms with Gasteiger partial charge in [0.1, 0.15) is 0 Å². The van der Waals surface area contributed by atoms with E-state index in [0.29, 0.717) is 0 Å². The second-order valence-corrected chi connectivity index (χ2v) is 4.57. The lowest BCUT2D eigenvalue weighted by Crippen LogP contribution is -2.52. The normalized spacial score (nSPS) is 39.5. The van der Waals surface area contributed by atoms with Gasteiger partial charge in [-0.15, -0.1) is 0 Å². The van der Waals surface area contributed by atoms with Crippen LogP contribution in [0, 0.1) is 5.92 Å². The Kier molecular flexibility index (Phi) is 2.37. The molecule has 1 aliphatic heterocycles. The third-order valence-corrected chi connectivity index (χ3v) is 3.40. The van der Waals surface area contributed by atoms with E-state index in [9.17, 15) is 0 Å². The summed E-state index contributed by atoms with van der Waals surface area (Å²) in [7, 11) is 2.22. The van der Waals surface area contributed by atoms with Gasteiger partial charge in [0.05, 0.1) is 0 Å². The molecule has 0 amide bonds. The molecule has 0 radical (unpaired) electrons. The van der Waals surface area contributed by atoms with Crippen LogP contribution < -0.4 is 0 Å². The molecule has 0 bridgehead atoms. The van der Waals surface area contributed by atoms with Crippen LogP contribution in [0.3, 0.4) is 0 Å². The smallest absolute Gasteiger partial charge is 0.0113 e. The molecular weight excluding hydrogens is 148 g/mol. The van der Waals surface area contributed by atoms with Crippen molar-refractivity contribution < 1.29 is 0 Å². The SMILES string of the molecule is CN1CCN([C@H]2C[C@@H](C)C2)CC1. The molecular formula is C10H20N2. The van der Waals surface area contributed by atoms with Crippen molar-refractivity contribution in [2.24, 2.45) is 5.92 Å². The van der Waals surface area contributed by atoms with Crippen LogP contribution in [0.1, 0.15) is 19.8 Å². The molecule has 0 aromatic rings. The van der Waals surface area contributed by atoms with Gasteiger partial charge < -0.3 is 4.90 Å². The molecule has 2 rings (SSSR count). The summed E-state index contributed by atoms with van der Waals surface area (Å²) < 4.78 is 0. The molecule has 12 heavy (non-hydrogen) atoms. The van der Waals surface area contributed by atoms with Crippen LogP contribution in [0.2, 0.25) is 0 Å². The molecule has 0 atom stereocenters. The number of hydrogen-bond donors (Lipinski definition) is 0. The molecule has 2 nitrogen and oxygen atoms in total. The first kappa shape index (κ1) is 8.52. The van der Waals surface area contributed by atoms with Crippen molar-refractivity contribution in [3.8, 4) is 0 Å². The predicted octanol–water partition coefficient (Wildman–Crippen LogP) is 1.03. The molecule has 0 unspecified atom stereocenters. The Labute approximate surface area is 75.5 Å². The summed E-state index contributed by atoms with van der Waals surface area (Å²) in [5, 5.41) is 0. The van der Waals surface area contributed by atoms with Crippen molar-refractivity contribution in [3.63, 3.8) is 0 Å². The number of piperazine rings is 1. The van der Waals surface area contributed by atoms with Crippen molar-refractivity contribution >= 4 is 0 Å². The van der Waals surface area contributed by atoms with Crippen LogP contribution in [0.5, 0.6) is 0 Å². The van der Waals surface area contributed by atoms with Crippen LogP contribution in [-0.2, 0) is 0 Å². The van der Waals surface area contributed by atoms with E-state index in [4.69, 9.17) is 0 Å². The summed E-state index contributed by atoms with van der Waals surface area (Å²) in [5.41, 5.74) is 0. The number of likely N-dealkylation sites (N-methyl/N-ethyl adjacent to an activating group) is 1. The highest BCUT2D eigenvalue weighted by atomic mass is 15.3. The first-order valence-electron chi connectivity index (χ1n) is 5.18. The molecule has 0 aromatic heterocycles. The van der Waals surface area contributed by atoms with Crippen LogP contribution >= 0.6 is 0 Å². The Morgan fingerprint density at radius 3 is 2.08 bits per heavy atom. The van der Waals surface area contributed by atoms with Crippen LogP contribution in [0.25, 0.3) is 0 Å². The second kappa shape index (κ2) is 3.35. The molecule has 0 aromatic carbocycles. The molecule has 1 saturated carbocycles. The van der Waals surface area contributed by atoms with E-state index >= 15 is 0 Å². The summed E-state index contributed by atoms with van der Waals surface area (Å²) in [6.07, 6.45) is 2.90. The molecule has 1 aliphatic carbocycles. The minimum absolute atomic E-state index is 0.939. The van der Waals surface area contributed by atoms with Crippen LogP contribution in [0.4, 0.5) is 0 Å². The third kappa shape index (κ3) is 1.64. The zero-order valence-corrected chi connectivity index (χ0v) is 8.29. The van der Waals surface area contributed by atoms with Gasteiger partial charge in [0.25, 0.3) is 0 Å². The monoisotopic (exact) mass is 168 g/mol. The van der Waals surface area contributed by atoms with E-state index in [0.717, 1.165) is 12.0 Å². The van der Waals surface area contributed by atoms with Gasteiger partial charge >= 0.3 is 0 Å². The van der Waals surface area contributed by atoms with E-state index in [1.165, 1.54) is 39.0 Å². The second-order valence-electron chi connectivity index (χ2n) is 4.57. The predicted molar refractivity (Wildman–Crippen MR) is 51.3 cm³/mol. The fraction of sp³-hybridized carbons (Fsp3) is 1.00. The van der Waals surface area contributed by atoms with Gasteiger partial charge in [0.2, 0.25) is 0 Å². The topological polar surface area (TPSA) is 6.48 Å². The summed E-state index contributed by atoms with van der Waals surface area (Å²) in [4.78, 5) is 5.11. The summed E-state index contributed by atoms with van der Waals surface area (Å²) >= 11 is 0. The van der Waals surface area contributed by atoms with Crippen LogP contribution in [-0.4, -0.2) is 49.1 Å². The van der Waals surface area contributed by atoms with Crippen molar-refractivity contribution in [1.29, 1.82) is 0 Å². The summed E-state index contributed by atoms with van der Waals surface area (Å²) in [5.74, 6) is 0.995. The van der Waals surface area contributed by atoms with Crippen molar-refractivity contribution in [3.05, 3.63) is 0 Å². The van der Waals surface area contributed by atoms with E-state index in [2.05, 4.69) is 23.8 Å². The Morgan fingerprint density at radius 1 is 1.00 bits per heavy atom. The van der Waals surface area contributed by atoms with E-state index in [1.54, 1.807) is 0 Å². The van der Waals surface area contributed by atoms with Crippen molar-refractivity contribution in [2.45, 2.75) is 25.8 Å². The van der Waals surface area contributed by atoms with Gasteiger partial charge in [-0.25, -0.2) is 0 Å². The zero-order chi connectivity index (χ0) is 8.55. The molecule has 1 heterocycles. The maximum atomic E-state index is 2.68. The maximum Gasteiger partial charge on any atom is 0.0113 e. The summed E-state index contributed by atoms with van der Waals surface area (Å²) in [6.45, 7) is 7.50. The number of nitrogens with zero attached hydrogens (tertiary/aromatic N) is 2. The molecule has 0 N–H and O–H groups in total.